The summed E-state index contributed by atoms with van der Waals surface area (Å²) in [6.07, 6.45) is -2.45. The van der Waals surface area contributed by atoms with E-state index in [0.29, 0.717) is 34.2 Å². The van der Waals surface area contributed by atoms with E-state index in [1.807, 2.05) is 0 Å². The van der Waals surface area contributed by atoms with Gasteiger partial charge in [-0.15, -0.1) is 11.3 Å². The Morgan fingerprint density at radius 3 is 2.41 bits per heavy atom. The van der Waals surface area contributed by atoms with Crippen LogP contribution in [0, 0.1) is 6.92 Å². The van der Waals surface area contributed by atoms with Gasteiger partial charge in [0.15, 0.2) is 0 Å². The molecular formula is C18H18F3N3O2S. The lowest BCUT2D eigenvalue weighted by atomic mass is 10.1. The van der Waals surface area contributed by atoms with Crippen molar-refractivity contribution in [1.82, 2.24) is 15.2 Å². The Balaban J connectivity index is 1.68. The zero-order chi connectivity index (χ0) is 19.6. The van der Waals surface area contributed by atoms with Crippen molar-refractivity contribution in [2.75, 3.05) is 19.6 Å². The summed E-state index contributed by atoms with van der Waals surface area (Å²) >= 11 is 1.09. The van der Waals surface area contributed by atoms with Crippen LogP contribution in [0.15, 0.2) is 24.3 Å². The van der Waals surface area contributed by atoms with Crippen LogP contribution in [0.4, 0.5) is 13.2 Å². The first-order chi connectivity index (χ1) is 12.8. The Morgan fingerprint density at radius 2 is 1.81 bits per heavy atom. The van der Waals surface area contributed by atoms with Crippen molar-refractivity contribution in [2.45, 2.75) is 25.9 Å². The lowest BCUT2D eigenvalue weighted by Gasteiger charge is -2.15. The molecule has 2 heterocycles. The zero-order valence-electron chi connectivity index (χ0n) is 14.6. The van der Waals surface area contributed by atoms with Gasteiger partial charge in [-0.05, 0) is 31.9 Å². The van der Waals surface area contributed by atoms with Gasteiger partial charge in [0.05, 0.1) is 17.8 Å². The van der Waals surface area contributed by atoms with E-state index in [1.54, 1.807) is 11.8 Å². The van der Waals surface area contributed by atoms with E-state index in [4.69, 9.17) is 0 Å². The summed E-state index contributed by atoms with van der Waals surface area (Å²) in [6, 6.07) is 4.64. The number of amides is 2. The molecule has 0 radical (unpaired) electrons. The van der Waals surface area contributed by atoms with E-state index in [9.17, 15) is 22.8 Å². The monoisotopic (exact) mass is 397 g/mol. The third-order valence-corrected chi connectivity index (χ3v) is 5.53. The first-order valence-corrected chi connectivity index (χ1v) is 9.28. The standard InChI is InChI=1S/C18H18F3N3O2S/c1-11-15(16(26)22-10-14(25)24-8-2-3-9-24)27-17(23-11)12-4-6-13(7-5-12)18(19,20)21/h4-7H,2-3,8-10H2,1H3,(H,22,26). The highest BCUT2D eigenvalue weighted by Crippen LogP contribution is 2.32. The number of aryl methyl sites for hydroxylation is 1. The Morgan fingerprint density at radius 1 is 1.19 bits per heavy atom. The third-order valence-electron chi connectivity index (χ3n) is 4.32. The number of rotatable bonds is 4. The molecule has 144 valence electrons. The topological polar surface area (TPSA) is 62.3 Å². The van der Waals surface area contributed by atoms with E-state index in [-0.39, 0.29) is 12.5 Å². The lowest BCUT2D eigenvalue weighted by molar-refractivity contribution is -0.137. The van der Waals surface area contributed by atoms with Crippen molar-refractivity contribution < 1.29 is 22.8 Å². The van der Waals surface area contributed by atoms with E-state index in [1.165, 1.54) is 12.1 Å². The molecule has 1 fully saturated rings. The molecule has 3 rings (SSSR count). The number of hydrogen-bond donors (Lipinski definition) is 1. The molecule has 1 N–H and O–H groups in total. The molecule has 1 aromatic heterocycles. The van der Waals surface area contributed by atoms with Crippen LogP contribution in [0.3, 0.4) is 0 Å². The summed E-state index contributed by atoms with van der Waals surface area (Å²) in [7, 11) is 0. The molecule has 27 heavy (non-hydrogen) atoms. The maximum atomic E-state index is 12.7. The quantitative estimate of drug-likeness (QED) is 0.859. The summed E-state index contributed by atoms with van der Waals surface area (Å²) in [5.74, 6) is -0.526. The molecule has 0 bridgehead atoms. The number of nitrogens with zero attached hydrogens (tertiary/aromatic N) is 2. The maximum absolute atomic E-state index is 12.7. The van der Waals surface area contributed by atoms with Crippen LogP contribution in [0.1, 0.15) is 33.8 Å². The van der Waals surface area contributed by atoms with Crippen molar-refractivity contribution in [3.63, 3.8) is 0 Å². The van der Waals surface area contributed by atoms with Crippen molar-refractivity contribution in [1.29, 1.82) is 0 Å². The van der Waals surface area contributed by atoms with Crippen molar-refractivity contribution >= 4 is 23.2 Å². The summed E-state index contributed by atoms with van der Waals surface area (Å²) < 4.78 is 38.0. The van der Waals surface area contributed by atoms with Gasteiger partial charge in [-0.1, -0.05) is 12.1 Å². The summed E-state index contributed by atoms with van der Waals surface area (Å²) in [5, 5.41) is 3.06. The molecule has 0 atom stereocenters. The van der Waals surface area contributed by atoms with E-state index < -0.39 is 17.6 Å². The highest BCUT2D eigenvalue weighted by atomic mass is 32.1. The number of carbonyl (C=O) groups is 2. The molecule has 0 spiro atoms. The van der Waals surface area contributed by atoms with E-state index in [0.717, 1.165) is 36.3 Å². The van der Waals surface area contributed by atoms with Gasteiger partial charge < -0.3 is 10.2 Å². The van der Waals surface area contributed by atoms with Crippen molar-refractivity contribution in [2.24, 2.45) is 0 Å². The average molecular weight is 397 g/mol. The minimum absolute atomic E-state index is 0.0776. The number of benzene rings is 1. The lowest BCUT2D eigenvalue weighted by Crippen LogP contribution is -2.38. The summed E-state index contributed by atoms with van der Waals surface area (Å²) in [5.41, 5.74) is 0.238. The largest absolute Gasteiger partial charge is 0.416 e. The Hall–Kier alpha value is -2.42. The number of nitrogens with one attached hydrogen (secondary N) is 1. The fraction of sp³-hybridized carbons (Fsp3) is 0.389. The predicted octanol–water partition coefficient (Wildman–Crippen LogP) is 3.49. The van der Waals surface area contributed by atoms with E-state index in [2.05, 4.69) is 10.3 Å². The highest BCUT2D eigenvalue weighted by Gasteiger charge is 2.30. The maximum Gasteiger partial charge on any atom is 0.416 e. The fourth-order valence-electron chi connectivity index (χ4n) is 2.85. The number of alkyl halides is 3. The smallest absolute Gasteiger partial charge is 0.342 e. The zero-order valence-corrected chi connectivity index (χ0v) is 15.4. The molecule has 0 unspecified atom stereocenters. The molecule has 1 saturated heterocycles. The fourth-order valence-corrected chi connectivity index (χ4v) is 3.83. The minimum Gasteiger partial charge on any atom is -0.342 e. The molecule has 5 nitrogen and oxygen atoms in total. The third kappa shape index (κ3) is 4.47. The van der Waals surface area contributed by atoms with Crippen LogP contribution in [0.5, 0.6) is 0 Å². The van der Waals surface area contributed by atoms with Crippen LogP contribution in [0.2, 0.25) is 0 Å². The molecule has 0 saturated carbocycles. The Kier molecular flexibility index (Phi) is 5.50. The van der Waals surface area contributed by atoms with Gasteiger partial charge in [-0.2, -0.15) is 13.2 Å². The number of aromatic nitrogens is 1. The van der Waals surface area contributed by atoms with Gasteiger partial charge >= 0.3 is 6.18 Å². The van der Waals surface area contributed by atoms with Gasteiger partial charge in [0.1, 0.15) is 9.88 Å². The molecule has 2 amide bonds. The molecule has 1 aromatic carbocycles. The van der Waals surface area contributed by atoms with Crippen LogP contribution in [0.25, 0.3) is 10.6 Å². The van der Waals surface area contributed by atoms with Crippen LogP contribution in [-0.4, -0.2) is 41.3 Å². The second-order valence-electron chi connectivity index (χ2n) is 6.28. The van der Waals surface area contributed by atoms with Gasteiger partial charge in [-0.3, -0.25) is 9.59 Å². The average Bonchev–Trinajstić information content (AvgIpc) is 3.28. The number of thiazole rings is 1. The number of carbonyl (C=O) groups excluding carboxylic acids is 2. The Labute approximate surface area is 158 Å². The van der Waals surface area contributed by atoms with Crippen LogP contribution in [-0.2, 0) is 11.0 Å². The number of halogens is 3. The first kappa shape index (κ1) is 19.3. The summed E-state index contributed by atoms with van der Waals surface area (Å²) in [4.78, 5) is 30.7. The number of hydrogen-bond acceptors (Lipinski definition) is 4. The van der Waals surface area contributed by atoms with Crippen LogP contribution >= 0.6 is 11.3 Å². The van der Waals surface area contributed by atoms with Gasteiger partial charge in [0.2, 0.25) is 5.91 Å². The molecule has 1 aliphatic rings. The van der Waals surface area contributed by atoms with Gasteiger partial charge in [-0.25, -0.2) is 4.98 Å². The van der Waals surface area contributed by atoms with Crippen molar-refractivity contribution in [3.05, 3.63) is 40.4 Å². The second kappa shape index (κ2) is 7.67. The molecule has 0 aliphatic carbocycles. The number of likely N-dealkylation sites (tertiary alicyclic amines) is 1. The second-order valence-corrected chi connectivity index (χ2v) is 7.28. The minimum atomic E-state index is -4.40. The molecule has 2 aromatic rings. The Bertz CT molecular complexity index is 841. The van der Waals surface area contributed by atoms with E-state index >= 15 is 0 Å². The van der Waals surface area contributed by atoms with Gasteiger partial charge in [0.25, 0.3) is 5.91 Å². The van der Waals surface area contributed by atoms with Crippen LogP contribution < -0.4 is 5.32 Å². The molecular weight excluding hydrogens is 379 g/mol. The van der Waals surface area contributed by atoms with Gasteiger partial charge in [0, 0.05) is 18.7 Å². The SMILES string of the molecule is Cc1nc(-c2ccc(C(F)(F)F)cc2)sc1C(=O)NCC(=O)N1CCCC1. The summed E-state index contributed by atoms with van der Waals surface area (Å²) in [6.45, 7) is 3.01. The highest BCUT2D eigenvalue weighted by molar-refractivity contribution is 7.17. The molecule has 9 heteroatoms. The molecule has 1 aliphatic heterocycles. The van der Waals surface area contributed by atoms with Crippen molar-refractivity contribution in [3.8, 4) is 10.6 Å². The predicted molar refractivity (Wildman–Crippen MR) is 95.4 cm³/mol. The normalized spacial score (nSPS) is 14.4. The first-order valence-electron chi connectivity index (χ1n) is 8.47.